The summed E-state index contributed by atoms with van der Waals surface area (Å²) in [5, 5.41) is 3.51. The molecule has 1 heterocycles. The van der Waals surface area contributed by atoms with Crippen LogP contribution in [0.3, 0.4) is 0 Å². The molecule has 0 spiro atoms. The average molecular weight is 400 g/mol. The summed E-state index contributed by atoms with van der Waals surface area (Å²) in [6.45, 7) is 4.13. The Kier molecular flexibility index (Phi) is 6.79. The van der Waals surface area contributed by atoms with E-state index in [4.69, 9.17) is 11.6 Å². The highest BCUT2D eigenvalue weighted by Crippen LogP contribution is 2.32. The van der Waals surface area contributed by atoms with Crippen molar-refractivity contribution < 1.29 is 9.59 Å². The molecule has 28 heavy (non-hydrogen) atoms. The molecule has 1 aliphatic rings. The first-order chi connectivity index (χ1) is 13.5. The number of unbranched alkanes of at least 4 members (excludes halogenated alkanes) is 1. The number of anilines is 1. The number of amides is 1. The lowest BCUT2D eigenvalue weighted by Crippen LogP contribution is -2.25. The highest BCUT2D eigenvalue weighted by atomic mass is 35.5. The zero-order valence-electron chi connectivity index (χ0n) is 16.4. The maximum atomic E-state index is 12.5. The van der Waals surface area contributed by atoms with Crippen molar-refractivity contribution in [3.63, 3.8) is 0 Å². The number of hydrogen-bond acceptors (Lipinski definition) is 4. The van der Waals surface area contributed by atoms with Gasteiger partial charge < -0.3 is 0 Å². The second-order valence-corrected chi connectivity index (χ2v) is 7.81. The summed E-state index contributed by atoms with van der Waals surface area (Å²) in [5.41, 5.74) is 2.32. The number of ketones is 1. The fraction of sp³-hybridized carbons (Fsp3) is 0.455. The molecule has 2 atom stereocenters. The number of hydrogen-bond donors (Lipinski definition) is 1. The van der Waals surface area contributed by atoms with Crippen molar-refractivity contribution in [1.29, 1.82) is 0 Å². The van der Waals surface area contributed by atoms with E-state index in [-0.39, 0.29) is 29.5 Å². The number of aromatic nitrogens is 2. The van der Waals surface area contributed by atoms with Gasteiger partial charge in [0.05, 0.1) is 11.3 Å². The SMILES string of the molecule is CCCC[C@H](CC)C(=O)Nc1ncc2c(n1)C[C@@H](c1ccc(Cl)cc1)CC2=O. The Morgan fingerprint density at radius 3 is 2.68 bits per heavy atom. The van der Waals surface area contributed by atoms with E-state index in [0.29, 0.717) is 29.1 Å². The van der Waals surface area contributed by atoms with Gasteiger partial charge in [-0.15, -0.1) is 0 Å². The van der Waals surface area contributed by atoms with Crippen LogP contribution in [-0.2, 0) is 11.2 Å². The van der Waals surface area contributed by atoms with Crippen LogP contribution in [-0.4, -0.2) is 21.7 Å². The quantitative estimate of drug-likeness (QED) is 0.694. The van der Waals surface area contributed by atoms with Gasteiger partial charge in [-0.25, -0.2) is 9.97 Å². The normalized spacial score (nSPS) is 17.1. The molecule has 0 saturated heterocycles. The van der Waals surface area contributed by atoms with E-state index in [1.54, 1.807) is 6.20 Å². The van der Waals surface area contributed by atoms with Gasteiger partial charge in [-0.3, -0.25) is 14.9 Å². The van der Waals surface area contributed by atoms with Gasteiger partial charge in [0, 0.05) is 23.6 Å². The molecule has 6 heteroatoms. The molecule has 0 radical (unpaired) electrons. The molecule has 0 unspecified atom stereocenters. The van der Waals surface area contributed by atoms with Crippen LogP contribution in [0.4, 0.5) is 5.95 Å². The summed E-state index contributed by atoms with van der Waals surface area (Å²) in [6.07, 6.45) is 6.35. The topological polar surface area (TPSA) is 72.0 Å². The molecule has 0 saturated carbocycles. The third-order valence-corrected chi connectivity index (χ3v) is 5.64. The predicted octanol–water partition coefficient (Wildman–Crippen LogP) is 5.20. The summed E-state index contributed by atoms with van der Waals surface area (Å²) >= 11 is 5.97. The molecular formula is C22H26ClN3O2. The fourth-order valence-corrected chi connectivity index (χ4v) is 3.79. The van der Waals surface area contributed by atoms with Gasteiger partial charge in [0.15, 0.2) is 5.78 Å². The minimum Gasteiger partial charge on any atom is -0.294 e. The van der Waals surface area contributed by atoms with Gasteiger partial charge in [0.2, 0.25) is 11.9 Å². The van der Waals surface area contributed by atoms with Crippen LogP contribution in [0.25, 0.3) is 0 Å². The summed E-state index contributed by atoms with van der Waals surface area (Å²) in [6, 6.07) is 7.58. The van der Waals surface area contributed by atoms with E-state index in [9.17, 15) is 9.59 Å². The number of carbonyl (C=O) groups excluding carboxylic acids is 2. The van der Waals surface area contributed by atoms with Gasteiger partial charge in [0.1, 0.15) is 0 Å². The van der Waals surface area contributed by atoms with E-state index >= 15 is 0 Å². The number of fused-ring (bicyclic) bond motifs is 1. The lowest BCUT2D eigenvalue weighted by atomic mass is 9.82. The number of halogens is 1. The molecule has 0 bridgehead atoms. The van der Waals surface area contributed by atoms with Crippen LogP contribution >= 0.6 is 11.6 Å². The first kappa shape index (κ1) is 20.5. The molecule has 5 nitrogen and oxygen atoms in total. The summed E-state index contributed by atoms with van der Waals surface area (Å²) in [7, 11) is 0. The summed E-state index contributed by atoms with van der Waals surface area (Å²) < 4.78 is 0. The minimum atomic E-state index is -0.0488. The number of nitrogens with zero attached hydrogens (tertiary/aromatic N) is 2. The second-order valence-electron chi connectivity index (χ2n) is 7.37. The number of nitrogens with one attached hydrogen (secondary N) is 1. The Labute approximate surface area is 170 Å². The molecule has 1 aliphatic carbocycles. The van der Waals surface area contributed by atoms with E-state index < -0.39 is 0 Å². The molecule has 148 valence electrons. The van der Waals surface area contributed by atoms with Crippen LogP contribution in [0, 0.1) is 5.92 Å². The van der Waals surface area contributed by atoms with Crippen molar-refractivity contribution in [3.8, 4) is 0 Å². The van der Waals surface area contributed by atoms with Gasteiger partial charge in [-0.2, -0.15) is 0 Å². The maximum absolute atomic E-state index is 12.5. The van der Waals surface area contributed by atoms with Crippen LogP contribution in [0.5, 0.6) is 0 Å². The summed E-state index contributed by atoms with van der Waals surface area (Å²) in [5.74, 6) is 0.288. The highest BCUT2D eigenvalue weighted by molar-refractivity contribution is 6.30. The van der Waals surface area contributed by atoms with Crippen molar-refractivity contribution in [3.05, 3.63) is 52.3 Å². The van der Waals surface area contributed by atoms with Gasteiger partial charge in [-0.1, -0.05) is 50.4 Å². The zero-order chi connectivity index (χ0) is 20.1. The fourth-order valence-electron chi connectivity index (χ4n) is 3.66. The first-order valence-electron chi connectivity index (χ1n) is 9.97. The van der Waals surface area contributed by atoms with E-state index in [0.717, 1.165) is 31.2 Å². The third kappa shape index (κ3) is 4.76. The Balaban J connectivity index is 1.76. The van der Waals surface area contributed by atoms with E-state index in [2.05, 4.69) is 22.2 Å². The largest absolute Gasteiger partial charge is 0.294 e. The van der Waals surface area contributed by atoms with Crippen molar-refractivity contribution >= 4 is 29.2 Å². The van der Waals surface area contributed by atoms with Crippen LogP contribution in [0.1, 0.15) is 73.5 Å². The Morgan fingerprint density at radius 2 is 2.00 bits per heavy atom. The Hall–Kier alpha value is -2.27. The number of Topliss-reactive ketones (excluding diaryl/α,β-unsaturated/α-hetero) is 1. The molecule has 0 aliphatic heterocycles. The van der Waals surface area contributed by atoms with Crippen LogP contribution < -0.4 is 5.32 Å². The van der Waals surface area contributed by atoms with Crippen molar-refractivity contribution in [2.24, 2.45) is 5.92 Å². The van der Waals surface area contributed by atoms with Gasteiger partial charge in [-0.05, 0) is 42.9 Å². The van der Waals surface area contributed by atoms with Crippen molar-refractivity contribution in [1.82, 2.24) is 9.97 Å². The zero-order valence-corrected chi connectivity index (χ0v) is 17.1. The lowest BCUT2D eigenvalue weighted by Gasteiger charge is -2.23. The summed E-state index contributed by atoms with van der Waals surface area (Å²) in [4.78, 5) is 33.8. The number of carbonyl (C=O) groups is 2. The van der Waals surface area contributed by atoms with Gasteiger partial charge in [0.25, 0.3) is 0 Å². The van der Waals surface area contributed by atoms with Crippen LogP contribution in [0.2, 0.25) is 5.02 Å². The molecule has 1 N–H and O–H groups in total. The predicted molar refractivity (Wildman–Crippen MR) is 111 cm³/mol. The lowest BCUT2D eigenvalue weighted by molar-refractivity contribution is -0.120. The van der Waals surface area contributed by atoms with Crippen molar-refractivity contribution in [2.75, 3.05) is 5.32 Å². The minimum absolute atomic E-state index is 0.0356. The van der Waals surface area contributed by atoms with E-state index in [1.807, 2.05) is 31.2 Å². The number of benzene rings is 1. The monoisotopic (exact) mass is 399 g/mol. The van der Waals surface area contributed by atoms with Crippen LogP contribution in [0.15, 0.2) is 30.5 Å². The molecule has 3 rings (SSSR count). The highest BCUT2D eigenvalue weighted by Gasteiger charge is 2.28. The Morgan fingerprint density at radius 1 is 1.25 bits per heavy atom. The maximum Gasteiger partial charge on any atom is 0.229 e. The van der Waals surface area contributed by atoms with Gasteiger partial charge >= 0.3 is 0 Å². The number of rotatable bonds is 7. The molecule has 2 aromatic rings. The third-order valence-electron chi connectivity index (χ3n) is 5.39. The van der Waals surface area contributed by atoms with E-state index in [1.165, 1.54) is 0 Å². The second kappa shape index (κ2) is 9.28. The molecule has 1 amide bonds. The average Bonchev–Trinajstić information content (AvgIpc) is 2.69. The Bertz CT molecular complexity index is 851. The molecular weight excluding hydrogens is 374 g/mol. The molecule has 1 aromatic carbocycles. The smallest absolute Gasteiger partial charge is 0.229 e. The standard InChI is InChI=1S/C22H26ClN3O2/c1-3-5-6-14(4-2)21(28)26-22-24-13-18-19(25-22)11-16(12-20(18)27)15-7-9-17(23)10-8-15/h7-10,13-14,16H,3-6,11-12H2,1-2H3,(H,24,25,26,28)/t14-,16+/m0/s1. The first-order valence-corrected chi connectivity index (χ1v) is 10.3. The molecule has 0 fully saturated rings. The molecule has 1 aromatic heterocycles. The van der Waals surface area contributed by atoms with Crippen molar-refractivity contribution in [2.45, 2.75) is 58.3 Å².